The molecule has 1 saturated heterocycles. The van der Waals surface area contributed by atoms with Crippen molar-refractivity contribution >= 4 is 40.9 Å². The van der Waals surface area contributed by atoms with Crippen molar-refractivity contribution in [2.75, 3.05) is 43.0 Å². The van der Waals surface area contributed by atoms with E-state index in [1.54, 1.807) is 30.3 Å². The highest BCUT2D eigenvalue weighted by Gasteiger charge is 2.20. The van der Waals surface area contributed by atoms with Gasteiger partial charge < -0.3 is 19.9 Å². The van der Waals surface area contributed by atoms with E-state index in [-0.39, 0.29) is 18.4 Å². The molecule has 4 rings (SSSR count). The molecule has 0 bridgehead atoms. The highest BCUT2D eigenvalue weighted by atomic mass is 35.5. The summed E-state index contributed by atoms with van der Waals surface area (Å²) in [5.74, 6) is 0.242. The maximum absolute atomic E-state index is 12.5. The maximum Gasteiger partial charge on any atom is 0.262 e. The minimum atomic E-state index is -0.261. The van der Waals surface area contributed by atoms with E-state index in [4.69, 9.17) is 16.3 Å². The number of nitrogens with zero attached hydrogens (tertiary/aromatic N) is 2. The van der Waals surface area contributed by atoms with E-state index < -0.39 is 0 Å². The van der Waals surface area contributed by atoms with Crippen LogP contribution in [0.1, 0.15) is 5.56 Å². The molecule has 0 atom stereocenters. The smallest absolute Gasteiger partial charge is 0.262 e. The lowest BCUT2D eigenvalue weighted by atomic mass is 10.2. The predicted molar refractivity (Wildman–Crippen MR) is 136 cm³/mol. The molecule has 174 valence electrons. The van der Waals surface area contributed by atoms with Gasteiger partial charge in [0.15, 0.2) is 6.61 Å². The van der Waals surface area contributed by atoms with Crippen LogP contribution in [0.5, 0.6) is 5.75 Å². The van der Waals surface area contributed by atoms with Crippen molar-refractivity contribution in [3.63, 3.8) is 0 Å². The summed E-state index contributed by atoms with van der Waals surface area (Å²) in [7, 11) is 0. The van der Waals surface area contributed by atoms with Crippen molar-refractivity contribution in [1.29, 1.82) is 0 Å². The average molecular weight is 476 g/mol. The number of hydrogen-bond acceptors (Lipinski definition) is 4. The molecule has 3 aromatic rings. The average Bonchev–Trinajstić information content (AvgIpc) is 2.88. The minimum absolute atomic E-state index is 0.0283. The summed E-state index contributed by atoms with van der Waals surface area (Å²) in [6.07, 6.45) is 3.49. The summed E-state index contributed by atoms with van der Waals surface area (Å²) < 4.78 is 5.47. The second-order valence-electron chi connectivity index (χ2n) is 7.87. The Labute approximate surface area is 204 Å². The number of carbonyl (C=O) groups is 2. The highest BCUT2D eigenvalue weighted by molar-refractivity contribution is 6.32. The SMILES string of the molecule is O=C(COc1ccccc1Cl)Nc1ccc(N2CCN(C(=O)C=Cc3ccccc3)CC2)cc1. The highest BCUT2D eigenvalue weighted by Crippen LogP contribution is 2.23. The first-order valence-corrected chi connectivity index (χ1v) is 11.5. The molecule has 0 aromatic heterocycles. The van der Waals surface area contributed by atoms with Gasteiger partial charge in [0.25, 0.3) is 5.91 Å². The summed E-state index contributed by atoms with van der Waals surface area (Å²) in [6, 6.07) is 24.5. The number of anilines is 2. The van der Waals surface area contributed by atoms with Crippen LogP contribution in [-0.4, -0.2) is 49.5 Å². The van der Waals surface area contributed by atoms with Gasteiger partial charge in [0.2, 0.25) is 5.91 Å². The fraction of sp³-hybridized carbons (Fsp3) is 0.185. The molecule has 0 aliphatic carbocycles. The van der Waals surface area contributed by atoms with Crippen molar-refractivity contribution in [2.45, 2.75) is 0 Å². The van der Waals surface area contributed by atoms with Crippen LogP contribution in [0, 0.1) is 0 Å². The van der Waals surface area contributed by atoms with Gasteiger partial charge in [0.1, 0.15) is 5.75 Å². The molecule has 1 aliphatic heterocycles. The molecule has 34 heavy (non-hydrogen) atoms. The summed E-state index contributed by atoms with van der Waals surface area (Å²) in [6.45, 7) is 2.70. The quantitative estimate of drug-likeness (QED) is 0.502. The number of halogens is 1. The standard InChI is InChI=1S/C27H26ClN3O3/c28-24-8-4-5-9-25(24)34-20-26(32)29-22-11-13-23(14-12-22)30-16-18-31(19-17-30)27(33)15-10-21-6-2-1-3-7-21/h1-15H,16-20H2,(H,29,32). The first-order valence-electron chi connectivity index (χ1n) is 11.1. The van der Waals surface area contributed by atoms with E-state index in [9.17, 15) is 9.59 Å². The molecular formula is C27H26ClN3O3. The van der Waals surface area contributed by atoms with Gasteiger partial charge in [-0.15, -0.1) is 0 Å². The van der Waals surface area contributed by atoms with Crippen LogP contribution in [0.4, 0.5) is 11.4 Å². The maximum atomic E-state index is 12.5. The van der Waals surface area contributed by atoms with Crippen molar-refractivity contribution < 1.29 is 14.3 Å². The molecule has 2 amide bonds. The van der Waals surface area contributed by atoms with Gasteiger partial charge in [0, 0.05) is 43.6 Å². The molecule has 1 N–H and O–H groups in total. The fourth-order valence-electron chi connectivity index (χ4n) is 3.68. The van der Waals surface area contributed by atoms with Crippen LogP contribution in [0.15, 0.2) is 84.9 Å². The largest absolute Gasteiger partial charge is 0.482 e. The molecule has 1 heterocycles. The Morgan fingerprint density at radius 1 is 0.882 bits per heavy atom. The Morgan fingerprint density at radius 2 is 1.56 bits per heavy atom. The lowest BCUT2D eigenvalue weighted by molar-refractivity contribution is -0.126. The van der Waals surface area contributed by atoms with Crippen LogP contribution in [0.3, 0.4) is 0 Å². The summed E-state index contributed by atoms with van der Waals surface area (Å²) in [5.41, 5.74) is 2.76. The van der Waals surface area contributed by atoms with Crippen molar-refractivity contribution in [3.05, 3.63) is 95.5 Å². The second-order valence-corrected chi connectivity index (χ2v) is 8.28. The van der Waals surface area contributed by atoms with Crippen molar-refractivity contribution in [1.82, 2.24) is 4.90 Å². The number of nitrogens with one attached hydrogen (secondary N) is 1. The summed E-state index contributed by atoms with van der Waals surface area (Å²) >= 11 is 6.04. The molecule has 6 nitrogen and oxygen atoms in total. The number of piperazine rings is 1. The first-order chi connectivity index (χ1) is 16.6. The van der Waals surface area contributed by atoms with Crippen LogP contribution in [-0.2, 0) is 9.59 Å². The van der Waals surface area contributed by atoms with E-state index in [0.717, 1.165) is 24.3 Å². The molecule has 0 saturated carbocycles. The van der Waals surface area contributed by atoms with Gasteiger partial charge in [-0.3, -0.25) is 9.59 Å². The van der Waals surface area contributed by atoms with E-state index in [1.807, 2.05) is 65.6 Å². The predicted octanol–water partition coefficient (Wildman–Crippen LogP) is 4.72. The first kappa shape index (κ1) is 23.4. The zero-order valence-electron chi connectivity index (χ0n) is 18.7. The molecule has 1 aliphatic rings. The Bertz CT molecular complexity index is 1140. The molecule has 1 fully saturated rings. The van der Waals surface area contributed by atoms with Crippen LogP contribution in [0.25, 0.3) is 6.08 Å². The van der Waals surface area contributed by atoms with Gasteiger partial charge in [0.05, 0.1) is 5.02 Å². The summed E-state index contributed by atoms with van der Waals surface area (Å²) in [4.78, 5) is 28.8. The molecule has 3 aromatic carbocycles. The lowest BCUT2D eigenvalue weighted by Crippen LogP contribution is -2.48. The van der Waals surface area contributed by atoms with Gasteiger partial charge in [-0.1, -0.05) is 54.1 Å². The Kier molecular flexibility index (Phi) is 7.83. The van der Waals surface area contributed by atoms with Crippen LogP contribution < -0.4 is 15.0 Å². The Balaban J connectivity index is 1.23. The topological polar surface area (TPSA) is 61.9 Å². The molecule has 0 unspecified atom stereocenters. The third-order valence-corrected chi connectivity index (χ3v) is 5.83. The number of ether oxygens (including phenoxy) is 1. The zero-order valence-corrected chi connectivity index (χ0v) is 19.4. The van der Waals surface area contributed by atoms with E-state index in [2.05, 4.69) is 10.2 Å². The van der Waals surface area contributed by atoms with E-state index in [0.29, 0.717) is 29.5 Å². The third-order valence-electron chi connectivity index (χ3n) is 5.52. The monoisotopic (exact) mass is 475 g/mol. The third kappa shape index (κ3) is 6.39. The summed E-state index contributed by atoms with van der Waals surface area (Å²) in [5, 5.41) is 3.29. The number of para-hydroxylation sites is 1. The fourth-order valence-corrected chi connectivity index (χ4v) is 3.87. The Morgan fingerprint density at radius 3 is 2.26 bits per heavy atom. The number of amides is 2. The van der Waals surface area contributed by atoms with Crippen molar-refractivity contribution in [3.8, 4) is 5.75 Å². The molecule has 7 heteroatoms. The van der Waals surface area contributed by atoms with Crippen LogP contribution in [0.2, 0.25) is 5.02 Å². The normalized spacial score (nSPS) is 13.7. The zero-order chi connectivity index (χ0) is 23.8. The van der Waals surface area contributed by atoms with Crippen LogP contribution >= 0.6 is 11.6 Å². The number of rotatable bonds is 7. The van der Waals surface area contributed by atoms with E-state index >= 15 is 0 Å². The number of benzene rings is 3. The minimum Gasteiger partial charge on any atom is -0.482 e. The number of hydrogen-bond donors (Lipinski definition) is 1. The molecular weight excluding hydrogens is 450 g/mol. The lowest BCUT2D eigenvalue weighted by Gasteiger charge is -2.35. The van der Waals surface area contributed by atoms with E-state index in [1.165, 1.54) is 0 Å². The van der Waals surface area contributed by atoms with Gasteiger partial charge in [-0.25, -0.2) is 0 Å². The van der Waals surface area contributed by atoms with Crippen molar-refractivity contribution in [2.24, 2.45) is 0 Å². The van der Waals surface area contributed by atoms with Gasteiger partial charge in [-0.2, -0.15) is 0 Å². The Hall–Kier alpha value is -3.77. The second kappa shape index (κ2) is 11.4. The number of carbonyl (C=O) groups excluding carboxylic acids is 2. The van der Waals surface area contributed by atoms with Gasteiger partial charge >= 0.3 is 0 Å². The van der Waals surface area contributed by atoms with Gasteiger partial charge in [-0.05, 0) is 48.0 Å². The molecule has 0 radical (unpaired) electrons. The molecule has 0 spiro atoms.